The van der Waals surface area contributed by atoms with E-state index >= 15 is 0 Å². The lowest BCUT2D eigenvalue weighted by Gasteiger charge is -2.09. The first-order valence-corrected chi connectivity index (χ1v) is 10.8. The van der Waals surface area contributed by atoms with Crippen LogP contribution in [0, 0.1) is 13.8 Å². The molecular weight excluding hydrogens is 416 g/mol. The number of nitrogens with one attached hydrogen (secondary N) is 2. The van der Waals surface area contributed by atoms with E-state index in [1.54, 1.807) is 56.3 Å². The van der Waals surface area contributed by atoms with Crippen LogP contribution in [-0.4, -0.2) is 31.3 Å². The Kier molecular flexibility index (Phi) is 6.66. The number of carbonyl (C=O) groups is 1. The number of ether oxygens (including phenoxy) is 1. The smallest absolute Gasteiger partial charge is 0.264 e. The molecular formula is C22H22N4O4S. The molecule has 0 bridgehead atoms. The Labute approximate surface area is 181 Å². The predicted molar refractivity (Wildman–Crippen MR) is 119 cm³/mol. The van der Waals surface area contributed by atoms with E-state index in [1.165, 1.54) is 31.5 Å². The summed E-state index contributed by atoms with van der Waals surface area (Å²) in [5.41, 5.74) is 2.45. The number of ketones is 1. The molecule has 8 nitrogen and oxygen atoms in total. The number of allylic oxidation sites excluding steroid dienone is 1. The van der Waals surface area contributed by atoms with Crippen LogP contribution in [0.3, 0.4) is 0 Å². The van der Waals surface area contributed by atoms with Crippen molar-refractivity contribution in [2.75, 3.05) is 17.1 Å². The molecule has 0 aliphatic carbocycles. The fourth-order valence-corrected chi connectivity index (χ4v) is 3.71. The predicted octanol–water partition coefficient (Wildman–Crippen LogP) is 3.71. The summed E-state index contributed by atoms with van der Waals surface area (Å²) in [6.45, 7) is 3.53. The minimum absolute atomic E-state index is 0.0266. The lowest BCUT2D eigenvalue weighted by Crippen LogP contribution is -2.15. The summed E-state index contributed by atoms with van der Waals surface area (Å²) in [4.78, 5) is 20.5. The van der Waals surface area contributed by atoms with E-state index in [9.17, 15) is 13.2 Å². The van der Waals surface area contributed by atoms with Crippen LogP contribution in [0.5, 0.6) is 5.75 Å². The molecule has 1 aromatic heterocycles. The molecule has 0 atom stereocenters. The Bertz CT molecular complexity index is 1200. The van der Waals surface area contributed by atoms with Gasteiger partial charge in [-0.2, -0.15) is 0 Å². The summed E-state index contributed by atoms with van der Waals surface area (Å²) in [7, 11) is -2.29. The van der Waals surface area contributed by atoms with Gasteiger partial charge in [-0.05, 0) is 56.3 Å². The number of sulfonamides is 1. The van der Waals surface area contributed by atoms with Crippen LogP contribution in [0.4, 0.5) is 11.6 Å². The largest absolute Gasteiger partial charge is 0.497 e. The number of hydrogen-bond acceptors (Lipinski definition) is 7. The molecule has 0 unspecified atom stereocenters. The molecule has 0 radical (unpaired) electrons. The van der Waals surface area contributed by atoms with Crippen LogP contribution in [0.1, 0.15) is 21.7 Å². The lowest BCUT2D eigenvalue weighted by atomic mass is 10.1. The van der Waals surface area contributed by atoms with E-state index in [0.717, 1.165) is 0 Å². The third kappa shape index (κ3) is 5.89. The van der Waals surface area contributed by atoms with Gasteiger partial charge >= 0.3 is 0 Å². The van der Waals surface area contributed by atoms with Crippen molar-refractivity contribution in [1.82, 2.24) is 9.97 Å². The van der Waals surface area contributed by atoms with Crippen molar-refractivity contribution in [2.45, 2.75) is 18.7 Å². The number of benzene rings is 2. The van der Waals surface area contributed by atoms with E-state index in [-0.39, 0.29) is 16.6 Å². The van der Waals surface area contributed by atoms with E-state index in [4.69, 9.17) is 4.74 Å². The van der Waals surface area contributed by atoms with Gasteiger partial charge in [0.2, 0.25) is 5.95 Å². The van der Waals surface area contributed by atoms with Crippen LogP contribution in [0.2, 0.25) is 0 Å². The molecule has 2 N–H and O–H groups in total. The highest BCUT2D eigenvalue weighted by Crippen LogP contribution is 2.17. The van der Waals surface area contributed by atoms with E-state index in [1.807, 2.05) is 0 Å². The number of aryl methyl sites for hydroxylation is 2. The second kappa shape index (κ2) is 9.40. The summed E-state index contributed by atoms with van der Waals surface area (Å²) in [5, 5.41) is 2.94. The zero-order valence-corrected chi connectivity index (χ0v) is 18.1. The van der Waals surface area contributed by atoms with Crippen molar-refractivity contribution in [3.05, 3.63) is 83.8 Å². The van der Waals surface area contributed by atoms with Crippen LogP contribution in [0.15, 0.2) is 71.8 Å². The van der Waals surface area contributed by atoms with E-state index in [2.05, 4.69) is 20.0 Å². The number of aromatic nitrogens is 2. The van der Waals surface area contributed by atoms with Gasteiger partial charge in [0.05, 0.1) is 12.0 Å². The van der Waals surface area contributed by atoms with Crippen molar-refractivity contribution in [1.29, 1.82) is 0 Å². The maximum absolute atomic E-state index is 12.6. The van der Waals surface area contributed by atoms with Gasteiger partial charge in [-0.1, -0.05) is 12.1 Å². The number of nitrogens with zero attached hydrogens (tertiary/aromatic N) is 2. The van der Waals surface area contributed by atoms with Crippen molar-refractivity contribution in [3.8, 4) is 5.75 Å². The molecule has 160 valence electrons. The van der Waals surface area contributed by atoms with Crippen LogP contribution in [0.25, 0.3) is 0 Å². The fraction of sp³-hybridized carbons (Fsp3) is 0.136. The molecule has 3 rings (SSSR count). The van der Waals surface area contributed by atoms with E-state index in [0.29, 0.717) is 28.4 Å². The first-order chi connectivity index (χ1) is 14.8. The summed E-state index contributed by atoms with van der Waals surface area (Å²) in [5.74, 6) is 0.436. The third-order valence-electron chi connectivity index (χ3n) is 4.21. The quantitative estimate of drug-likeness (QED) is 0.407. The molecule has 0 amide bonds. The van der Waals surface area contributed by atoms with Gasteiger partial charge < -0.3 is 10.1 Å². The molecule has 1 heterocycles. The van der Waals surface area contributed by atoms with Gasteiger partial charge in [0.1, 0.15) is 5.75 Å². The summed E-state index contributed by atoms with van der Waals surface area (Å²) >= 11 is 0. The molecule has 0 saturated heterocycles. The first kappa shape index (κ1) is 22.0. The Hall–Kier alpha value is -3.72. The van der Waals surface area contributed by atoms with Crippen molar-refractivity contribution in [2.24, 2.45) is 0 Å². The number of anilines is 2. The minimum atomic E-state index is -3.83. The average Bonchev–Trinajstić information content (AvgIpc) is 2.73. The highest BCUT2D eigenvalue weighted by molar-refractivity contribution is 7.92. The number of rotatable bonds is 8. The number of methoxy groups -OCH3 is 1. The van der Waals surface area contributed by atoms with Gasteiger partial charge in [-0.3, -0.25) is 4.79 Å². The maximum Gasteiger partial charge on any atom is 0.264 e. The molecule has 0 saturated carbocycles. The molecule has 31 heavy (non-hydrogen) atoms. The Balaban J connectivity index is 1.65. The molecule has 9 heteroatoms. The minimum Gasteiger partial charge on any atom is -0.497 e. The van der Waals surface area contributed by atoms with Crippen LogP contribution < -0.4 is 14.8 Å². The summed E-state index contributed by atoms with van der Waals surface area (Å²) < 4.78 is 32.6. The van der Waals surface area contributed by atoms with Gasteiger partial charge in [-0.15, -0.1) is 0 Å². The average molecular weight is 439 g/mol. The molecule has 0 aliphatic rings. The van der Waals surface area contributed by atoms with Crippen LogP contribution >= 0.6 is 0 Å². The fourth-order valence-electron chi connectivity index (χ4n) is 2.77. The highest BCUT2D eigenvalue weighted by Gasteiger charge is 2.16. The topological polar surface area (TPSA) is 110 Å². The number of carbonyl (C=O) groups excluding carboxylic acids is 1. The second-order valence-electron chi connectivity index (χ2n) is 6.68. The maximum atomic E-state index is 12.6. The van der Waals surface area contributed by atoms with Crippen molar-refractivity contribution >= 4 is 27.4 Å². The van der Waals surface area contributed by atoms with E-state index < -0.39 is 10.0 Å². The second-order valence-corrected chi connectivity index (χ2v) is 8.36. The zero-order chi connectivity index (χ0) is 22.4. The molecule has 0 aliphatic heterocycles. The molecule has 2 aromatic carbocycles. The van der Waals surface area contributed by atoms with Crippen molar-refractivity contribution < 1.29 is 17.9 Å². The summed E-state index contributed by atoms with van der Waals surface area (Å²) in [6.07, 6.45) is 2.88. The Morgan fingerprint density at radius 1 is 1.00 bits per heavy atom. The Morgan fingerprint density at radius 2 is 1.68 bits per heavy atom. The summed E-state index contributed by atoms with van der Waals surface area (Å²) in [6, 6.07) is 14.7. The standard InChI is InChI=1S/C22H22N4O4S/c1-15-13-16(2)25-22(24-15)26-31(28,29)20-9-7-18(8-10-20)23-12-11-21(27)17-5-4-6-19(14-17)30-3/h4-14,23H,1-3H3,(H,24,25,26)/b12-11+. The third-order valence-corrected chi connectivity index (χ3v) is 5.56. The SMILES string of the molecule is COc1cccc(C(=O)/C=C/Nc2ccc(S(=O)(=O)Nc3nc(C)cc(C)n3)cc2)c1. The molecule has 0 spiro atoms. The van der Waals surface area contributed by atoms with Crippen molar-refractivity contribution in [3.63, 3.8) is 0 Å². The zero-order valence-electron chi connectivity index (χ0n) is 17.3. The Morgan fingerprint density at radius 3 is 2.32 bits per heavy atom. The monoisotopic (exact) mass is 438 g/mol. The van der Waals surface area contributed by atoms with Crippen LogP contribution in [-0.2, 0) is 10.0 Å². The lowest BCUT2D eigenvalue weighted by molar-refractivity contribution is 0.104. The van der Waals surface area contributed by atoms with Gasteiger partial charge in [0.15, 0.2) is 5.78 Å². The van der Waals surface area contributed by atoms with Gasteiger partial charge in [-0.25, -0.2) is 23.1 Å². The first-order valence-electron chi connectivity index (χ1n) is 9.33. The molecule has 0 fully saturated rings. The number of hydrogen-bond donors (Lipinski definition) is 2. The highest BCUT2D eigenvalue weighted by atomic mass is 32.2. The van der Waals surface area contributed by atoms with Gasteiger partial charge in [0.25, 0.3) is 10.0 Å². The van der Waals surface area contributed by atoms with Gasteiger partial charge in [0, 0.05) is 34.9 Å². The molecule has 3 aromatic rings. The normalized spacial score (nSPS) is 11.3.